The van der Waals surface area contributed by atoms with Crippen LogP contribution in [0.4, 0.5) is 0 Å². The van der Waals surface area contributed by atoms with Gasteiger partial charge < -0.3 is 19.6 Å². The largest absolute Gasteiger partial charge is 0.497 e. The van der Waals surface area contributed by atoms with Crippen LogP contribution in [0.2, 0.25) is 0 Å². The molecule has 0 aliphatic carbocycles. The quantitative estimate of drug-likeness (QED) is 0.640. The summed E-state index contributed by atoms with van der Waals surface area (Å²) in [7, 11) is 2.85. The normalized spacial score (nSPS) is 9.48. The van der Waals surface area contributed by atoms with Gasteiger partial charge in [-0.05, 0) is 12.1 Å². The molecule has 3 N–H and O–H groups in total. The highest BCUT2D eigenvalue weighted by atomic mass is 16.5. The highest BCUT2D eigenvalue weighted by Gasteiger charge is 2.04. The topological polar surface area (TPSA) is 116 Å². The Balaban J connectivity index is 0.000000315. The average Bonchev–Trinajstić information content (AvgIpc) is 2.52. The number of ether oxygens (including phenoxy) is 2. The molecule has 0 atom stereocenters. The van der Waals surface area contributed by atoms with Crippen molar-refractivity contribution >= 4 is 23.2 Å². The number of nitrogens with two attached hydrogens (primary N) is 1. The third-order valence-corrected chi connectivity index (χ3v) is 2.53. The minimum Gasteiger partial charge on any atom is -0.497 e. The summed E-state index contributed by atoms with van der Waals surface area (Å²) >= 11 is 0. The second-order valence-electron chi connectivity index (χ2n) is 3.83. The van der Waals surface area contributed by atoms with Crippen molar-refractivity contribution in [2.45, 2.75) is 0 Å². The molecule has 0 amide bonds. The Labute approximate surface area is 120 Å². The molecule has 0 aliphatic rings. The summed E-state index contributed by atoms with van der Waals surface area (Å²) in [6.45, 7) is -0.0312. The van der Waals surface area contributed by atoms with Crippen molar-refractivity contribution < 1.29 is 23.5 Å². The molecule has 0 spiro atoms. The second kappa shape index (κ2) is 7.81. The minimum atomic E-state index is -0.380. The molecule has 1 aromatic heterocycles. The molecule has 21 heavy (non-hydrogen) atoms. The maximum absolute atomic E-state index is 10.8. The lowest BCUT2D eigenvalue weighted by atomic mass is 10.1. The van der Waals surface area contributed by atoms with E-state index in [2.05, 4.69) is 4.74 Å². The van der Waals surface area contributed by atoms with Gasteiger partial charge in [0.15, 0.2) is 6.29 Å². The molecule has 0 saturated carbocycles. The smallest absolute Gasteiger partial charge is 0.319 e. The zero-order valence-electron chi connectivity index (χ0n) is 11.7. The summed E-state index contributed by atoms with van der Waals surface area (Å²) in [6.07, 6.45) is 0.711. The maximum atomic E-state index is 10.8. The van der Waals surface area contributed by atoms with Crippen molar-refractivity contribution in [3.8, 4) is 5.75 Å². The number of hydrogen-bond donors (Lipinski definition) is 2. The maximum Gasteiger partial charge on any atom is 0.319 e. The first-order chi connectivity index (χ1) is 10.0. The third-order valence-electron chi connectivity index (χ3n) is 2.53. The van der Waals surface area contributed by atoms with E-state index in [0.29, 0.717) is 28.6 Å². The molecule has 0 aliphatic heterocycles. The van der Waals surface area contributed by atoms with Gasteiger partial charge in [-0.15, -0.1) is 0 Å². The lowest BCUT2D eigenvalue weighted by molar-refractivity contribution is -0.138. The van der Waals surface area contributed by atoms with E-state index in [-0.39, 0.29) is 18.1 Å². The summed E-state index contributed by atoms with van der Waals surface area (Å²) in [5.74, 6) is 0.253. The summed E-state index contributed by atoms with van der Waals surface area (Å²) in [4.78, 5) is 20.6. The number of benzene rings is 1. The number of methoxy groups -OCH3 is 2. The summed E-state index contributed by atoms with van der Waals surface area (Å²) in [5, 5.41) is 8.06. The summed E-state index contributed by atoms with van der Waals surface area (Å²) in [6, 6.07) is 6.53. The number of nitrogens with one attached hydrogen (secondary N) is 1. The van der Waals surface area contributed by atoms with E-state index >= 15 is 0 Å². The number of carbonyl (C=O) groups excluding carboxylic acids is 2. The Morgan fingerprint density at radius 2 is 2.10 bits per heavy atom. The fourth-order valence-corrected chi connectivity index (χ4v) is 1.50. The van der Waals surface area contributed by atoms with Crippen LogP contribution in [0, 0.1) is 5.41 Å². The molecule has 0 radical (unpaired) electrons. The van der Waals surface area contributed by atoms with Crippen LogP contribution in [0.25, 0.3) is 11.0 Å². The Morgan fingerprint density at radius 3 is 2.57 bits per heavy atom. The molecule has 112 valence electrons. The summed E-state index contributed by atoms with van der Waals surface area (Å²) in [5.41, 5.74) is 5.69. The first-order valence-electron chi connectivity index (χ1n) is 5.94. The van der Waals surface area contributed by atoms with E-state index < -0.39 is 0 Å². The van der Waals surface area contributed by atoms with E-state index in [4.69, 9.17) is 20.3 Å². The van der Waals surface area contributed by atoms with Gasteiger partial charge in [0.2, 0.25) is 5.55 Å². The SMILES string of the molecule is COC(=O)CN.COc1ccc2c(C=O)cc(=N)oc2c1. The zero-order chi connectivity index (χ0) is 15.8. The predicted octanol–water partition coefficient (Wildman–Crippen LogP) is 0.851. The van der Waals surface area contributed by atoms with Gasteiger partial charge in [0.25, 0.3) is 0 Å². The van der Waals surface area contributed by atoms with Gasteiger partial charge in [0.1, 0.15) is 11.3 Å². The minimum absolute atomic E-state index is 0.0312. The fourth-order valence-electron chi connectivity index (χ4n) is 1.50. The third kappa shape index (κ3) is 4.43. The number of rotatable bonds is 3. The number of aldehydes is 1. The molecule has 7 heteroatoms. The van der Waals surface area contributed by atoms with Crippen molar-refractivity contribution in [2.75, 3.05) is 20.8 Å². The van der Waals surface area contributed by atoms with Crippen LogP contribution in [0.15, 0.2) is 28.7 Å². The Morgan fingerprint density at radius 1 is 1.38 bits per heavy atom. The molecule has 7 nitrogen and oxygen atoms in total. The molecule has 0 bridgehead atoms. The Hall–Kier alpha value is -2.67. The predicted molar refractivity (Wildman–Crippen MR) is 75.1 cm³/mol. The van der Waals surface area contributed by atoms with E-state index in [0.717, 1.165) is 0 Å². The molecule has 1 heterocycles. The van der Waals surface area contributed by atoms with Crippen molar-refractivity contribution in [3.05, 3.63) is 35.4 Å². The fraction of sp³-hybridized carbons (Fsp3) is 0.214. The van der Waals surface area contributed by atoms with Crippen LogP contribution in [0.5, 0.6) is 5.75 Å². The van der Waals surface area contributed by atoms with Crippen LogP contribution in [-0.4, -0.2) is 33.0 Å². The van der Waals surface area contributed by atoms with Crippen molar-refractivity contribution in [1.29, 1.82) is 5.41 Å². The van der Waals surface area contributed by atoms with Crippen molar-refractivity contribution in [2.24, 2.45) is 5.73 Å². The number of esters is 1. The van der Waals surface area contributed by atoms with Gasteiger partial charge in [0.05, 0.1) is 20.8 Å². The van der Waals surface area contributed by atoms with Crippen LogP contribution < -0.4 is 16.0 Å². The Kier molecular flexibility index (Phi) is 6.09. The molecular formula is C14H16N2O5. The molecule has 0 fully saturated rings. The molecular weight excluding hydrogens is 276 g/mol. The lowest BCUT2D eigenvalue weighted by Gasteiger charge is -2.02. The van der Waals surface area contributed by atoms with Gasteiger partial charge >= 0.3 is 5.97 Å². The Bertz CT molecular complexity index is 687. The number of fused-ring (bicyclic) bond motifs is 1. The average molecular weight is 292 g/mol. The van der Waals surface area contributed by atoms with Crippen LogP contribution >= 0.6 is 0 Å². The van der Waals surface area contributed by atoms with E-state index in [1.54, 1.807) is 25.3 Å². The molecule has 0 unspecified atom stereocenters. The van der Waals surface area contributed by atoms with Crippen molar-refractivity contribution in [1.82, 2.24) is 0 Å². The number of carbonyl (C=O) groups is 2. The van der Waals surface area contributed by atoms with E-state index in [1.165, 1.54) is 13.2 Å². The van der Waals surface area contributed by atoms with E-state index in [9.17, 15) is 9.59 Å². The van der Waals surface area contributed by atoms with Gasteiger partial charge in [-0.1, -0.05) is 0 Å². The summed E-state index contributed by atoms with van der Waals surface area (Å²) < 4.78 is 14.3. The highest BCUT2D eigenvalue weighted by molar-refractivity contribution is 5.95. The highest BCUT2D eigenvalue weighted by Crippen LogP contribution is 2.21. The molecule has 2 aromatic rings. The zero-order valence-corrected chi connectivity index (χ0v) is 11.7. The van der Waals surface area contributed by atoms with Crippen molar-refractivity contribution in [3.63, 3.8) is 0 Å². The van der Waals surface area contributed by atoms with Crippen LogP contribution in [0.1, 0.15) is 10.4 Å². The van der Waals surface area contributed by atoms with Gasteiger partial charge in [-0.2, -0.15) is 0 Å². The lowest BCUT2D eigenvalue weighted by Crippen LogP contribution is -2.14. The first-order valence-corrected chi connectivity index (χ1v) is 5.94. The first kappa shape index (κ1) is 16.4. The van der Waals surface area contributed by atoms with Gasteiger partial charge in [-0.25, -0.2) is 0 Å². The molecule has 0 saturated heterocycles. The molecule has 1 aromatic carbocycles. The second-order valence-corrected chi connectivity index (χ2v) is 3.83. The monoisotopic (exact) mass is 292 g/mol. The van der Waals surface area contributed by atoms with Crippen LogP contribution in [-0.2, 0) is 9.53 Å². The van der Waals surface area contributed by atoms with Gasteiger partial charge in [-0.3, -0.25) is 15.0 Å². The van der Waals surface area contributed by atoms with Gasteiger partial charge in [0, 0.05) is 23.1 Å². The van der Waals surface area contributed by atoms with E-state index in [1.807, 2.05) is 0 Å². The standard InChI is InChI=1S/C11H9NO3.C3H7NO2/c1-14-8-2-3-9-7(6-13)4-11(12)15-10(9)5-8;1-6-3(5)2-4/h2-6,12H,1H3;2,4H2,1H3. The van der Waals surface area contributed by atoms with Crippen LogP contribution in [0.3, 0.4) is 0 Å². The number of hydrogen-bond acceptors (Lipinski definition) is 7. The molecule has 2 rings (SSSR count).